The number of anilines is 2. The summed E-state index contributed by atoms with van der Waals surface area (Å²) >= 11 is 0. The van der Waals surface area contributed by atoms with Gasteiger partial charge in [-0.3, -0.25) is 4.79 Å². The Bertz CT molecular complexity index is 692. The first-order chi connectivity index (χ1) is 12.2. The summed E-state index contributed by atoms with van der Waals surface area (Å²) in [5.41, 5.74) is 1.05. The van der Waals surface area contributed by atoms with E-state index in [0.29, 0.717) is 41.8 Å². The Balaban J connectivity index is 2.02. The number of carbonyl (C=O) groups excluding carboxylic acids is 1. The number of methoxy groups -OCH3 is 3. The Kier molecular flexibility index (Phi) is 6.97. The molecular weight excluding hydrogens is 324 g/mol. The molecule has 0 saturated heterocycles. The average Bonchev–Trinajstić information content (AvgIpc) is 2.65. The minimum absolute atomic E-state index is 0.221. The summed E-state index contributed by atoms with van der Waals surface area (Å²) in [5.74, 6) is 1.43. The molecule has 0 bridgehead atoms. The zero-order valence-electron chi connectivity index (χ0n) is 14.5. The van der Waals surface area contributed by atoms with Crippen LogP contribution in [0.1, 0.15) is 16.8 Å². The molecule has 2 N–H and O–H groups in total. The third-order valence-electron chi connectivity index (χ3n) is 3.38. The van der Waals surface area contributed by atoms with Gasteiger partial charge in [-0.25, -0.2) is 9.97 Å². The molecule has 8 nitrogen and oxygen atoms in total. The van der Waals surface area contributed by atoms with Crippen molar-refractivity contribution in [2.45, 2.75) is 6.42 Å². The molecule has 1 heterocycles. The third-order valence-corrected chi connectivity index (χ3v) is 3.38. The van der Waals surface area contributed by atoms with Gasteiger partial charge in [0.1, 0.15) is 11.5 Å². The number of hydrogen-bond donors (Lipinski definition) is 2. The van der Waals surface area contributed by atoms with Gasteiger partial charge in [-0.15, -0.1) is 0 Å². The fourth-order valence-electron chi connectivity index (χ4n) is 2.06. The predicted molar refractivity (Wildman–Crippen MR) is 93.7 cm³/mol. The Hall–Kier alpha value is -2.87. The number of ether oxygens (including phenoxy) is 3. The van der Waals surface area contributed by atoms with E-state index in [1.807, 2.05) is 0 Å². The number of rotatable bonds is 9. The summed E-state index contributed by atoms with van der Waals surface area (Å²) in [4.78, 5) is 20.3. The van der Waals surface area contributed by atoms with Gasteiger partial charge < -0.3 is 24.8 Å². The molecule has 0 saturated carbocycles. The first kappa shape index (κ1) is 18.5. The SMILES string of the molecule is COCCCNC(=O)c1cnc(Nc2cc(OC)ccc2OC)nc1. The number of amides is 1. The van der Waals surface area contributed by atoms with Gasteiger partial charge in [-0.1, -0.05) is 0 Å². The summed E-state index contributed by atoms with van der Waals surface area (Å²) in [6.07, 6.45) is 3.68. The van der Waals surface area contributed by atoms with Crippen molar-refractivity contribution in [3.8, 4) is 11.5 Å². The van der Waals surface area contributed by atoms with Gasteiger partial charge in [0.2, 0.25) is 5.95 Å². The van der Waals surface area contributed by atoms with Gasteiger partial charge in [0.05, 0.1) is 25.5 Å². The Morgan fingerprint density at radius 2 is 1.88 bits per heavy atom. The lowest BCUT2D eigenvalue weighted by Crippen LogP contribution is -2.25. The van der Waals surface area contributed by atoms with Crippen molar-refractivity contribution in [1.29, 1.82) is 0 Å². The van der Waals surface area contributed by atoms with Crippen molar-refractivity contribution in [1.82, 2.24) is 15.3 Å². The fraction of sp³-hybridized carbons (Fsp3) is 0.353. The maximum absolute atomic E-state index is 12.0. The largest absolute Gasteiger partial charge is 0.497 e. The van der Waals surface area contributed by atoms with E-state index in [4.69, 9.17) is 14.2 Å². The summed E-state index contributed by atoms with van der Waals surface area (Å²) in [7, 11) is 4.78. The van der Waals surface area contributed by atoms with Crippen molar-refractivity contribution in [2.24, 2.45) is 0 Å². The first-order valence-electron chi connectivity index (χ1n) is 7.76. The smallest absolute Gasteiger partial charge is 0.254 e. The fourth-order valence-corrected chi connectivity index (χ4v) is 2.06. The zero-order chi connectivity index (χ0) is 18.1. The van der Waals surface area contributed by atoms with Crippen LogP contribution in [-0.2, 0) is 4.74 Å². The van der Waals surface area contributed by atoms with Gasteiger partial charge in [0.15, 0.2) is 0 Å². The van der Waals surface area contributed by atoms with Crippen LogP contribution in [0, 0.1) is 0 Å². The maximum atomic E-state index is 12.0. The normalized spacial score (nSPS) is 10.2. The van der Waals surface area contributed by atoms with Crippen LogP contribution in [0.15, 0.2) is 30.6 Å². The van der Waals surface area contributed by atoms with Gasteiger partial charge in [-0.05, 0) is 18.6 Å². The molecule has 0 aliphatic rings. The topological polar surface area (TPSA) is 94.6 Å². The lowest BCUT2D eigenvalue weighted by molar-refractivity contribution is 0.0948. The van der Waals surface area contributed by atoms with Crippen molar-refractivity contribution < 1.29 is 19.0 Å². The zero-order valence-corrected chi connectivity index (χ0v) is 14.5. The van der Waals surface area contributed by atoms with E-state index in [2.05, 4.69) is 20.6 Å². The first-order valence-corrected chi connectivity index (χ1v) is 7.76. The molecule has 0 aliphatic heterocycles. The van der Waals surface area contributed by atoms with E-state index in [1.54, 1.807) is 39.5 Å². The highest BCUT2D eigenvalue weighted by Crippen LogP contribution is 2.30. The monoisotopic (exact) mass is 346 g/mol. The van der Waals surface area contributed by atoms with Crippen LogP contribution in [0.4, 0.5) is 11.6 Å². The standard InChI is InChI=1S/C17H22N4O4/c1-23-8-4-7-18-16(22)12-10-19-17(20-11-12)21-14-9-13(24-2)5-6-15(14)25-3/h5-6,9-11H,4,7-8H2,1-3H3,(H,18,22)(H,19,20,21). The molecule has 25 heavy (non-hydrogen) atoms. The van der Waals surface area contributed by atoms with E-state index in [1.165, 1.54) is 12.4 Å². The average molecular weight is 346 g/mol. The molecule has 0 atom stereocenters. The summed E-state index contributed by atoms with van der Waals surface area (Å²) in [6.45, 7) is 1.13. The third kappa shape index (κ3) is 5.32. The molecule has 0 radical (unpaired) electrons. The number of nitrogens with one attached hydrogen (secondary N) is 2. The van der Waals surface area contributed by atoms with E-state index >= 15 is 0 Å². The van der Waals surface area contributed by atoms with Crippen molar-refractivity contribution in [3.05, 3.63) is 36.2 Å². The number of carbonyl (C=O) groups is 1. The van der Waals surface area contributed by atoms with E-state index in [-0.39, 0.29) is 5.91 Å². The Morgan fingerprint density at radius 1 is 1.12 bits per heavy atom. The molecule has 0 spiro atoms. The van der Waals surface area contributed by atoms with Crippen molar-refractivity contribution in [2.75, 3.05) is 39.8 Å². The molecule has 0 unspecified atom stereocenters. The molecule has 2 rings (SSSR count). The minimum Gasteiger partial charge on any atom is -0.497 e. The van der Waals surface area contributed by atoms with Crippen molar-refractivity contribution in [3.63, 3.8) is 0 Å². The van der Waals surface area contributed by atoms with E-state index in [9.17, 15) is 4.79 Å². The van der Waals surface area contributed by atoms with Crippen LogP contribution < -0.4 is 20.1 Å². The lowest BCUT2D eigenvalue weighted by atomic mass is 10.2. The highest BCUT2D eigenvalue weighted by molar-refractivity contribution is 5.93. The molecular formula is C17H22N4O4. The minimum atomic E-state index is -0.221. The molecule has 0 aliphatic carbocycles. The van der Waals surface area contributed by atoms with Crippen molar-refractivity contribution >= 4 is 17.5 Å². The highest BCUT2D eigenvalue weighted by atomic mass is 16.5. The maximum Gasteiger partial charge on any atom is 0.254 e. The van der Waals surface area contributed by atoms with Crippen LogP contribution in [-0.4, -0.2) is 50.4 Å². The van der Waals surface area contributed by atoms with E-state index < -0.39 is 0 Å². The molecule has 0 fully saturated rings. The number of nitrogens with zero attached hydrogens (tertiary/aromatic N) is 2. The molecule has 1 aromatic heterocycles. The van der Waals surface area contributed by atoms with Crippen LogP contribution in [0.2, 0.25) is 0 Å². The highest BCUT2D eigenvalue weighted by Gasteiger charge is 2.09. The van der Waals surface area contributed by atoms with Gasteiger partial charge in [0.25, 0.3) is 5.91 Å². The van der Waals surface area contributed by atoms with Crippen LogP contribution in [0.5, 0.6) is 11.5 Å². The van der Waals surface area contributed by atoms with Crippen LogP contribution in [0.25, 0.3) is 0 Å². The number of benzene rings is 1. The molecule has 8 heteroatoms. The number of hydrogen-bond acceptors (Lipinski definition) is 7. The lowest BCUT2D eigenvalue weighted by Gasteiger charge is -2.11. The van der Waals surface area contributed by atoms with Gasteiger partial charge in [-0.2, -0.15) is 0 Å². The summed E-state index contributed by atoms with van der Waals surface area (Å²) in [5, 5.41) is 5.83. The van der Waals surface area contributed by atoms with E-state index in [0.717, 1.165) is 6.42 Å². The number of aromatic nitrogens is 2. The second kappa shape index (κ2) is 9.43. The summed E-state index contributed by atoms with van der Waals surface area (Å²) < 4.78 is 15.4. The Labute approximate surface area is 146 Å². The predicted octanol–water partition coefficient (Wildman–Crippen LogP) is 2.00. The summed E-state index contributed by atoms with van der Waals surface area (Å²) in [6, 6.07) is 5.35. The van der Waals surface area contributed by atoms with Gasteiger partial charge in [0, 0.05) is 38.7 Å². The Morgan fingerprint density at radius 3 is 2.52 bits per heavy atom. The molecule has 1 amide bonds. The second-order valence-corrected chi connectivity index (χ2v) is 5.09. The quantitative estimate of drug-likeness (QED) is 0.671. The van der Waals surface area contributed by atoms with Gasteiger partial charge >= 0.3 is 0 Å². The second-order valence-electron chi connectivity index (χ2n) is 5.09. The molecule has 134 valence electrons. The van der Waals surface area contributed by atoms with Crippen LogP contribution in [0.3, 0.4) is 0 Å². The molecule has 2 aromatic rings. The molecule has 1 aromatic carbocycles. The van der Waals surface area contributed by atoms with Crippen LogP contribution >= 0.6 is 0 Å².